The Labute approximate surface area is 189 Å². The van der Waals surface area contributed by atoms with Crippen molar-refractivity contribution in [3.05, 3.63) is 60.6 Å². The summed E-state index contributed by atoms with van der Waals surface area (Å²) >= 11 is 0. The summed E-state index contributed by atoms with van der Waals surface area (Å²) in [6, 6.07) is 9.91. The van der Waals surface area contributed by atoms with Crippen LogP contribution >= 0.6 is 0 Å². The maximum absolute atomic E-state index is 12.8. The lowest BCUT2D eigenvalue weighted by molar-refractivity contribution is -0.153. The van der Waals surface area contributed by atoms with Gasteiger partial charge in [-0.15, -0.1) is 0 Å². The van der Waals surface area contributed by atoms with E-state index in [4.69, 9.17) is 13.9 Å². The van der Waals surface area contributed by atoms with Crippen molar-refractivity contribution in [3.8, 4) is 22.8 Å². The molecule has 0 aliphatic rings. The van der Waals surface area contributed by atoms with Gasteiger partial charge in [0.15, 0.2) is 12.2 Å². The number of hydrogen-bond acceptors (Lipinski definition) is 8. The van der Waals surface area contributed by atoms with Gasteiger partial charge in [0.2, 0.25) is 0 Å². The average Bonchev–Trinajstić information content (AvgIpc) is 3.37. The zero-order valence-corrected chi connectivity index (χ0v) is 18.3. The molecule has 2 N–H and O–H groups in total. The Balaban J connectivity index is 1.74. The molecule has 0 saturated carbocycles. The van der Waals surface area contributed by atoms with E-state index in [-0.39, 0.29) is 12.2 Å². The van der Waals surface area contributed by atoms with Crippen LogP contribution in [0.3, 0.4) is 0 Å². The fraction of sp³-hybridized carbons (Fsp3) is 0.217. The first-order chi connectivity index (χ1) is 15.8. The zero-order valence-electron chi connectivity index (χ0n) is 18.3. The number of rotatable bonds is 7. The quantitative estimate of drug-likeness (QED) is 0.411. The van der Waals surface area contributed by atoms with Crippen molar-refractivity contribution in [2.45, 2.75) is 12.5 Å². The number of esters is 1. The number of likely N-dealkylation sites (N-methyl/N-ethyl adjacent to an activating group) is 1. The minimum Gasteiger partial charge on any atom is -0.508 e. The topological polar surface area (TPSA) is 131 Å². The van der Waals surface area contributed by atoms with E-state index in [1.807, 2.05) is 0 Å². The number of benzene rings is 2. The lowest BCUT2D eigenvalue weighted by Crippen LogP contribution is -2.48. The maximum atomic E-state index is 12.8. The van der Waals surface area contributed by atoms with Crippen molar-refractivity contribution in [2.24, 2.45) is 0 Å². The van der Waals surface area contributed by atoms with Crippen LogP contribution in [-0.2, 0) is 25.5 Å². The predicted octanol–water partition coefficient (Wildman–Crippen LogP) is 2.24. The molecule has 0 aliphatic heterocycles. The second-order valence-electron chi connectivity index (χ2n) is 7.06. The first kappa shape index (κ1) is 23.3. The Hall–Kier alpha value is -4.34. The summed E-state index contributed by atoms with van der Waals surface area (Å²) in [7, 11) is 4.01. The second kappa shape index (κ2) is 10.3. The number of nitrogens with one attached hydrogen (secondary N) is 1. The summed E-state index contributed by atoms with van der Waals surface area (Å²) in [6.07, 6.45) is 2.91. The average molecular weight is 453 g/mol. The molecule has 3 rings (SSSR count). The second-order valence-corrected chi connectivity index (χ2v) is 7.06. The van der Waals surface area contributed by atoms with Crippen LogP contribution in [0.25, 0.3) is 11.3 Å². The molecule has 10 nitrogen and oxygen atoms in total. The molecule has 10 heteroatoms. The van der Waals surface area contributed by atoms with Gasteiger partial charge >= 0.3 is 17.8 Å². The minimum absolute atomic E-state index is 0.0712. The van der Waals surface area contributed by atoms with Gasteiger partial charge in [-0.05, 0) is 29.8 Å². The highest BCUT2D eigenvalue weighted by molar-refractivity contribution is 6.39. The molecule has 2 aromatic carbocycles. The maximum Gasteiger partial charge on any atom is 0.328 e. The Morgan fingerprint density at radius 3 is 2.48 bits per heavy atom. The molecule has 1 atom stereocenters. The molecule has 3 aromatic rings. The predicted molar refractivity (Wildman–Crippen MR) is 118 cm³/mol. The molecular formula is C23H23N3O7. The number of amides is 2. The summed E-state index contributed by atoms with van der Waals surface area (Å²) < 4.78 is 15.4. The highest BCUT2D eigenvalue weighted by Gasteiger charge is 2.31. The van der Waals surface area contributed by atoms with Gasteiger partial charge in [0.05, 0.1) is 26.0 Å². The van der Waals surface area contributed by atoms with Gasteiger partial charge in [-0.1, -0.05) is 12.1 Å². The van der Waals surface area contributed by atoms with Crippen LogP contribution in [0.1, 0.15) is 5.56 Å². The summed E-state index contributed by atoms with van der Waals surface area (Å²) in [6.45, 7) is 0. The molecule has 1 aromatic heterocycles. The number of anilines is 1. The van der Waals surface area contributed by atoms with Crippen molar-refractivity contribution >= 4 is 23.5 Å². The van der Waals surface area contributed by atoms with Crippen molar-refractivity contribution in [1.82, 2.24) is 9.88 Å². The van der Waals surface area contributed by atoms with Crippen molar-refractivity contribution in [3.63, 3.8) is 0 Å². The standard InChI is InChI=1S/C23H23N3O7/c1-26(18(23(30)32-3)10-14-4-7-16(27)8-5-14)22(29)21(28)25-15-6-9-17(19(11-15)31-2)20-12-24-13-33-20/h4-9,11-13,18,27H,10H2,1-3H3,(H,25,28)/t18-/m0/s1. The number of carbonyl (C=O) groups excluding carboxylic acids is 3. The summed E-state index contributed by atoms with van der Waals surface area (Å²) in [5.41, 5.74) is 1.61. The summed E-state index contributed by atoms with van der Waals surface area (Å²) in [5.74, 6) is -1.58. The van der Waals surface area contributed by atoms with Gasteiger partial charge in [-0.2, -0.15) is 0 Å². The van der Waals surface area contributed by atoms with Gasteiger partial charge in [-0.3, -0.25) is 9.59 Å². The smallest absolute Gasteiger partial charge is 0.328 e. The number of aromatic hydroxyl groups is 1. The highest BCUT2D eigenvalue weighted by Crippen LogP contribution is 2.32. The van der Waals surface area contributed by atoms with E-state index in [9.17, 15) is 19.5 Å². The minimum atomic E-state index is -1.04. The number of phenols is 1. The molecule has 0 aliphatic carbocycles. The van der Waals surface area contributed by atoms with E-state index < -0.39 is 23.8 Å². The van der Waals surface area contributed by atoms with Crippen molar-refractivity contribution < 1.29 is 33.4 Å². The molecule has 33 heavy (non-hydrogen) atoms. The SMILES string of the molecule is COC(=O)[C@H](Cc1ccc(O)cc1)N(C)C(=O)C(=O)Nc1ccc(-c2cnco2)c(OC)c1. The molecule has 0 fully saturated rings. The normalized spacial score (nSPS) is 11.4. The number of phenolic OH excluding ortho intramolecular Hbond substituents is 1. The fourth-order valence-corrected chi connectivity index (χ4v) is 3.18. The van der Waals surface area contributed by atoms with Gasteiger partial charge < -0.3 is 29.2 Å². The lowest BCUT2D eigenvalue weighted by Gasteiger charge is -2.25. The molecule has 0 saturated heterocycles. The number of aromatic nitrogens is 1. The van der Waals surface area contributed by atoms with Crippen molar-refractivity contribution in [2.75, 3.05) is 26.6 Å². The molecule has 0 radical (unpaired) electrons. The Morgan fingerprint density at radius 2 is 1.88 bits per heavy atom. The van der Waals surface area contributed by atoms with Gasteiger partial charge in [0.25, 0.3) is 0 Å². The molecule has 0 spiro atoms. The van der Waals surface area contributed by atoms with Crippen LogP contribution < -0.4 is 10.1 Å². The first-order valence-corrected chi connectivity index (χ1v) is 9.84. The van der Waals surface area contributed by atoms with E-state index in [2.05, 4.69) is 10.3 Å². The van der Waals surface area contributed by atoms with E-state index in [1.54, 1.807) is 24.3 Å². The zero-order chi connectivity index (χ0) is 24.0. The number of ether oxygens (including phenoxy) is 2. The van der Waals surface area contributed by atoms with E-state index in [0.29, 0.717) is 28.3 Å². The number of nitrogens with zero attached hydrogens (tertiary/aromatic N) is 2. The largest absolute Gasteiger partial charge is 0.508 e. The third-order valence-electron chi connectivity index (χ3n) is 4.98. The number of oxazole rings is 1. The van der Waals surface area contributed by atoms with E-state index in [1.165, 1.54) is 52.1 Å². The molecule has 1 heterocycles. The summed E-state index contributed by atoms with van der Waals surface area (Å²) in [4.78, 5) is 42.6. The van der Waals surface area contributed by atoms with Crippen LogP contribution in [0.5, 0.6) is 11.5 Å². The van der Waals surface area contributed by atoms with Gasteiger partial charge in [0, 0.05) is 25.2 Å². The van der Waals surface area contributed by atoms with Crippen molar-refractivity contribution in [1.29, 1.82) is 0 Å². The van der Waals surface area contributed by atoms with Crippen LogP contribution in [-0.4, -0.2) is 60.1 Å². The third kappa shape index (κ3) is 5.48. The van der Waals surface area contributed by atoms with Crippen LogP contribution in [0, 0.1) is 0 Å². The number of methoxy groups -OCH3 is 2. The molecule has 0 bridgehead atoms. The molecule has 172 valence electrons. The summed E-state index contributed by atoms with van der Waals surface area (Å²) in [5, 5.41) is 11.9. The van der Waals surface area contributed by atoms with Crippen LogP contribution in [0.2, 0.25) is 0 Å². The van der Waals surface area contributed by atoms with Gasteiger partial charge in [0.1, 0.15) is 17.5 Å². The fourth-order valence-electron chi connectivity index (χ4n) is 3.18. The van der Waals surface area contributed by atoms with E-state index >= 15 is 0 Å². The third-order valence-corrected chi connectivity index (χ3v) is 4.98. The Bertz CT molecular complexity index is 1130. The monoisotopic (exact) mass is 453 g/mol. The number of carbonyl (C=O) groups is 3. The highest BCUT2D eigenvalue weighted by atomic mass is 16.5. The number of hydrogen-bond donors (Lipinski definition) is 2. The van der Waals surface area contributed by atoms with E-state index in [0.717, 1.165) is 4.90 Å². The Kier molecular flexibility index (Phi) is 7.29. The first-order valence-electron chi connectivity index (χ1n) is 9.84. The molecular weight excluding hydrogens is 430 g/mol. The Morgan fingerprint density at radius 1 is 1.15 bits per heavy atom. The molecule has 2 amide bonds. The van der Waals surface area contributed by atoms with Gasteiger partial charge in [-0.25, -0.2) is 9.78 Å². The lowest BCUT2D eigenvalue weighted by atomic mass is 10.0. The van der Waals surface area contributed by atoms with Crippen LogP contribution in [0.15, 0.2) is 59.5 Å². The molecule has 0 unspecified atom stereocenters. The van der Waals surface area contributed by atoms with Crippen LogP contribution in [0.4, 0.5) is 5.69 Å².